The average molecular weight is 309 g/mol. The second-order valence-electron chi connectivity index (χ2n) is 4.17. The topological polar surface area (TPSA) is 59.0 Å². The maximum Gasteiger partial charge on any atom is 0.266 e. The van der Waals surface area contributed by atoms with E-state index in [-0.39, 0.29) is 25.9 Å². The molecule has 1 amide bonds. The third-order valence-electron chi connectivity index (χ3n) is 2.89. The van der Waals surface area contributed by atoms with Crippen LogP contribution in [0.2, 0.25) is 0 Å². The van der Waals surface area contributed by atoms with Crippen molar-refractivity contribution in [2.24, 2.45) is 0 Å². The first-order valence-corrected chi connectivity index (χ1v) is 7.17. The van der Waals surface area contributed by atoms with E-state index in [1.807, 2.05) is 18.2 Å². The molecule has 0 aromatic heterocycles. The second-order valence-corrected chi connectivity index (χ2v) is 5.85. The van der Waals surface area contributed by atoms with E-state index >= 15 is 0 Å². The first-order valence-electron chi connectivity index (χ1n) is 5.95. The van der Waals surface area contributed by atoms with Crippen LogP contribution in [0.3, 0.4) is 0 Å². The number of nitrogens with zero attached hydrogens (tertiary/aromatic N) is 1. The number of hydrogen-bond acceptors (Lipinski definition) is 6. The van der Waals surface area contributed by atoms with Crippen molar-refractivity contribution >= 4 is 40.3 Å². The van der Waals surface area contributed by atoms with E-state index in [0.29, 0.717) is 20.7 Å². The molecule has 0 spiro atoms. The Hall–Kier alpha value is -1.57. The summed E-state index contributed by atoms with van der Waals surface area (Å²) in [6.07, 6.45) is 1.76. The van der Waals surface area contributed by atoms with Crippen LogP contribution in [0.15, 0.2) is 23.1 Å². The number of hydrogen-bond donors (Lipinski definition) is 1. The van der Waals surface area contributed by atoms with Gasteiger partial charge in [-0.2, -0.15) is 0 Å². The zero-order valence-electron chi connectivity index (χ0n) is 10.4. The van der Waals surface area contributed by atoms with Crippen LogP contribution in [0.5, 0.6) is 11.5 Å². The lowest BCUT2D eigenvalue weighted by Gasteiger charge is -2.11. The molecule has 104 valence electrons. The van der Waals surface area contributed by atoms with Gasteiger partial charge in [-0.25, -0.2) is 0 Å². The third kappa shape index (κ3) is 2.39. The SMILES string of the molecule is O=C1/C(=C\c2ccc3c(c2)OCO3)SC(=S)N1CCO. The fourth-order valence-electron chi connectivity index (χ4n) is 1.95. The van der Waals surface area contributed by atoms with Crippen molar-refractivity contribution in [1.29, 1.82) is 0 Å². The van der Waals surface area contributed by atoms with Gasteiger partial charge in [0.15, 0.2) is 11.5 Å². The van der Waals surface area contributed by atoms with Gasteiger partial charge in [-0.1, -0.05) is 30.0 Å². The third-order valence-corrected chi connectivity index (χ3v) is 4.27. The van der Waals surface area contributed by atoms with E-state index in [9.17, 15) is 4.79 Å². The Bertz CT molecular complexity index is 614. The first-order chi connectivity index (χ1) is 9.69. The number of fused-ring (bicyclic) bond motifs is 1. The molecule has 1 N–H and O–H groups in total. The van der Waals surface area contributed by atoms with Crippen molar-refractivity contribution in [3.8, 4) is 11.5 Å². The minimum atomic E-state index is -0.174. The predicted octanol–water partition coefficient (Wildman–Crippen LogP) is 1.61. The fraction of sp³-hybridized carbons (Fsp3) is 0.231. The minimum Gasteiger partial charge on any atom is -0.454 e. The summed E-state index contributed by atoms with van der Waals surface area (Å²) >= 11 is 6.36. The van der Waals surface area contributed by atoms with Crippen LogP contribution in [0.1, 0.15) is 5.56 Å². The molecule has 3 rings (SSSR count). The zero-order chi connectivity index (χ0) is 14.1. The van der Waals surface area contributed by atoms with Gasteiger partial charge in [-0.05, 0) is 23.8 Å². The van der Waals surface area contributed by atoms with Crippen LogP contribution in [0, 0.1) is 0 Å². The van der Waals surface area contributed by atoms with E-state index < -0.39 is 0 Å². The molecule has 0 bridgehead atoms. The van der Waals surface area contributed by atoms with Gasteiger partial charge in [0.05, 0.1) is 18.1 Å². The molecule has 7 heteroatoms. The fourth-order valence-corrected chi connectivity index (χ4v) is 3.26. The monoisotopic (exact) mass is 309 g/mol. The number of carbonyl (C=O) groups excluding carboxylic acids is 1. The standard InChI is InChI=1S/C13H11NO4S2/c15-4-3-14-12(16)11(20-13(14)19)6-8-1-2-9-10(5-8)18-7-17-9/h1-2,5-6,15H,3-4,7H2/b11-6+. The lowest BCUT2D eigenvalue weighted by Crippen LogP contribution is -2.30. The summed E-state index contributed by atoms with van der Waals surface area (Å²) in [5.74, 6) is 1.20. The Balaban J connectivity index is 1.86. The van der Waals surface area contributed by atoms with Crippen molar-refractivity contribution in [3.05, 3.63) is 28.7 Å². The van der Waals surface area contributed by atoms with Gasteiger partial charge in [-0.3, -0.25) is 9.69 Å². The number of ether oxygens (including phenoxy) is 2. The van der Waals surface area contributed by atoms with Crippen molar-refractivity contribution < 1.29 is 19.4 Å². The zero-order valence-corrected chi connectivity index (χ0v) is 12.0. The number of rotatable bonds is 3. The average Bonchev–Trinajstić information content (AvgIpc) is 2.99. The number of β-amino-alcohol motifs (C(OH)–C–C–N with tert-alkyl or cyclic N) is 1. The summed E-state index contributed by atoms with van der Waals surface area (Å²) in [6.45, 7) is 0.338. The highest BCUT2D eigenvalue weighted by Crippen LogP contribution is 2.36. The molecule has 1 aromatic rings. The number of aliphatic hydroxyl groups is 1. The Morgan fingerprint density at radius 2 is 2.20 bits per heavy atom. The minimum absolute atomic E-state index is 0.107. The van der Waals surface area contributed by atoms with E-state index in [0.717, 1.165) is 5.56 Å². The number of thiocarbonyl (C=S) groups is 1. The van der Waals surface area contributed by atoms with Crippen LogP contribution in [-0.4, -0.2) is 40.2 Å². The molecule has 20 heavy (non-hydrogen) atoms. The second kappa shape index (κ2) is 5.43. The van der Waals surface area contributed by atoms with Gasteiger partial charge in [0.2, 0.25) is 6.79 Å². The molecule has 1 saturated heterocycles. The molecule has 0 radical (unpaired) electrons. The summed E-state index contributed by atoms with van der Waals surface area (Å²) in [6, 6.07) is 5.48. The molecule has 2 heterocycles. The Morgan fingerprint density at radius 3 is 3.00 bits per heavy atom. The number of thioether (sulfide) groups is 1. The van der Waals surface area contributed by atoms with Crippen molar-refractivity contribution in [2.75, 3.05) is 19.9 Å². The highest BCUT2D eigenvalue weighted by atomic mass is 32.2. The maximum atomic E-state index is 12.1. The highest BCUT2D eigenvalue weighted by molar-refractivity contribution is 8.26. The van der Waals surface area contributed by atoms with Crippen LogP contribution < -0.4 is 9.47 Å². The van der Waals surface area contributed by atoms with Crippen LogP contribution in [-0.2, 0) is 4.79 Å². The van der Waals surface area contributed by atoms with Crippen LogP contribution in [0.25, 0.3) is 6.08 Å². The van der Waals surface area contributed by atoms with E-state index in [1.165, 1.54) is 16.7 Å². The lowest BCUT2D eigenvalue weighted by atomic mass is 10.2. The van der Waals surface area contributed by atoms with Gasteiger partial charge in [-0.15, -0.1) is 0 Å². The summed E-state index contributed by atoms with van der Waals surface area (Å²) in [5.41, 5.74) is 0.846. The molecule has 0 aliphatic carbocycles. The molecule has 0 unspecified atom stereocenters. The van der Waals surface area contributed by atoms with E-state index in [4.69, 9.17) is 26.8 Å². The molecule has 2 aliphatic heterocycles. The number of carbonyl (C=O) groups is 1. The smallest absolute Gasteiger partial charge is 0.266 e. The number of amides is 1. The van der Waals surface area contributed by atoms with Crippen LogP contribution in [0.4, 0.5) is 0 Å². The molecular formula is C13H11NO4S2. The van der Waals surface area contributed by atoms with Crippen molar-refractivity contribution in [2.45, 2.75) is 0 Å². The molecule has 1 aromatic carbocycles. The summed E-state index contributed by atoms with van der Waals surface area (Å²) in [4.78, 5) is 14.1. The summed E-state index contributed by atoms with van der Waals surface area (Å²) in [5, 5.41) is 8.93. The van der Waals surface area contributed by atoms with Crippen LogP contribution >= 0.6 is 24.0 Å². The van der Waals surface area contributed by atoms with E-state index in [1.54, 1.807) is 6.08 Å². The van der Waals surface area contributed by atoms with Gasteiger partial charge in [0.1, 0.15) is 4.32 Å². The van der Waals surface area contributed by atoms with E-state index in [2.05, 4.69) is 0 Å². The van der Waals surface area contributed by atoms with Gasteiger partial charge >= 0.3 is 0 Å². The van der Waals surface area contributed by atoms with Gasteiger partial charge in [0, 0.05) is 0 Å². The summed E-state index contributed by atoms with van der Waals surface area (Å²) < 4.78 is 11.0. The van der Waals surface area contributed by atoms with Gasteiger partial charge in [0.25, 0.3) is 5.91 Å². The van der Waals surface area contributed by atoms with Crippen molar-refractivity contribution in [3.63, 3.8) is 0 Å². The predicted molar refractivity (Wildman–Crippen MR) is 79.5 cm³/mol. The maximum absolute atomic E-state index is 12.1. The number of aliphatic hydroxyl groups excluding tert-OH is 1. The number of benzene rings is 1. The highest BCUT2D eigenvalue weighted by Gasteiger charge is 2.31. The first kappa shape index (κ1) is 13.4. The van der Waals surface area contributed by atoms with Gasteiger partial charge < -0.3 is 14.6 Å². The lowest BCUT2D eigenvalue weighted by molar-refractivity contribution is -0.122. The Kier molecular flexibility index (Phi) is 3.64. The summed E-state index contributed by atoms with van der Waals surface area (Å²) in [7, 11) is 0. The molecule has 5 nitrogen and oxygen atoms in total. The largest absolute Gasteiger partial charge is 0.454 e. The molecule has 1 fully saturated rings. The Morgan fingerprint density at radius 1 is 1.40 bits per heavy atom. The quantitative estimate of drug-likeness (QED) is 0.676. The molecule has 0 saturated carbocycles. The molecule has 2 aliphatic rings. The molecular weight excluding hydrogens is 298 g/mol. The van der Waals surface area contributed by atoms with Crippen molar-refractivity contribution in [1.82, 2.24) is 4.90 Å². The molecule has 0 atom stereocenters. The normalized spacial score (nSPS) is 19.2. The Labute approximate surface area is 125 Å².